The van der Waals surface area contributed by atoms with Crippen molar-refractivity contribution < 1.29 is 117 Å². The highest BCUT2D eigenvalue weighted by Crippen LogP contribution is 2.24. The van der Waals surface area contributed by atoms with Gasteiger partial charge >= 0.3 is 0 Å². The summed E-state index contributed by atoms with van der Waals surface area (Å²) in [6.45, 7) is -12.3. The smallest absolute Gasteiger partial charge is 0.115 e. The van der Waals surface area contributed by atoms with E-state index in [1.165, 1.54) is 170 Å². The number of likely N-dealkylation sites (N-methyl/N-ethyl adjacent to an activating group) is 9. The van der Waals surface area contributed by atoms with Gasteiger partial charge in [0.1, 0.15) is 51.7 Å². The standard InChI is InChI=1S/9C9H13NO2/c9*1-10-6-9(12)7-3-2-4-8(11)5-7/h9*2-5,9-12H,6H2,1H3/t6*9-;;;/m111000.../s1/i6D2,9D;9D;6D2;6D2,9D;9D;6D2;6D2,9D;9D;6D2. The minimum absolute atomic E-state index is 0.00783. The SMILES string of the molecule is [2H]C(O)(CNC)c1cccc(O)c1.[2H]C([2H])(NC)C(O)c1cccc(O)c1.[2H]C([2H])(NC)C([2H])(O)c1cccc(O)c1.[2H]C([2H])(NC)[C@@H](O)c1cccc(O)c1.[2H]C([2H])(NC)[C@@]([2H])(O)c1cccc(O)c1.[2H]C([2H])(NC)[C@H](O)c1cccc(O)c1.[2H]C([2H])(NC)[C@]([2H])(O)c1cccc(O)c1.[2H][C@@](O)(CNC)c1cccc(O)c1.[2H][C@](O)(CNC)c1cccc(O)c1. The Bertz CT molecular complexity index is 4260. The summed E-state index contributed by atoms with van der Waals surface area (Å²) in [7, 11) is 13.2. The molecule has 3 unspecified atom stereocenters. The number of hydrogen-bond acceptors (Lipinski definition) is 27. The van der Waals surface area contributed by atoms with Gasteiger partial charge in [0.05, 0.1) is 63.0 Å². The van der Waals surface area contributed by atoms with Gasteiger partial charge in [-0.2, -0.15) is 0 Å². The molecular formula is C81H117N9O18. The van der Waals surface area contributed by atoms with Crippen LogP contribution in [0.25, 0.3) is 0 Å². The summed E-state index contributed by atoms with van der Waals surface area (Å²) in [5, 5.41) is 191. The van der Waals surface area contributed by atoms with Gasteiger partial charge in [0.15, 0.2) is 0 Å². The summed E-state index contributed by atoms with van der Waals surface area (Å²) < 4.78 is 134. The van der Waals surface area contributed by atoms with Crippen LogP contribution < -0.4 is 47.9 Å². The molecule has 0 amide bonds. The van der Waals surface area contributed by atoms with Gasteiger partial charge in [0, 0.05) is 75.1 Å². The van der Waals surface area contributed by atoms with Crippen LogP contribution in [0, 0.1) is 0 Å². The quantitative estimate of drug-likeness (QED) is 0.0289. The third-order valence-corrected chi connectivity index (χ3v) is 13.1. The molecule has 0 spiro atoms. The van der Waals surface area contributed by atoms with Crippen molar-refractivity contribution in [1.29, 1.82) is 0 Å². The molecule has 0 aliphatic rings. The highest BCUT2D eigenvalue weighted by Gasteiger charge is 2.13. The van der Waals surface area contributed by atoms with Crippen LogP contribution in [0.2, 0.25) is 0 Å². The topological polar surface area (TPSA) is 472 Å². The lowest BCUT2D eigenvalue weighted by Crippen LogP contribution is -2.16. The number of nitrogens with one attached hydrogen (secondary N) is 9. The Morgan fingerprint density at radius 1 is 0.213 bits per heavy atom. The van der Waals surface area contributed by atoms with Crippen molar-refractivity contribution >= 4 is 0 Å². The van der Waals surface area contributed by atoms with E-state index in [-0.39, 0.29) is 88.1 Å². The molecule has 27 N–H and O–H groups in total. The summed E-state index contributed by atoms with van der Waals surface area (Å²) in [5.41, 5.74) is 2.11. The molecule has 0 radical (unpaired) electrons. The predicted molar refractivity (Wildman–Crippen MR) is 423 cm³/mol. The van der Waals surface area contributed by atoms with Gasteiger partial charge in [0.25, 0.3) is 0 Å². The molecule has 108 heavy (non-hydrogen) atoms. The second-order valence-electron chi connectivity index (χ2n) is 21.6. The van der Waals surface area contributed by atoms with Crippen molar-refractivity contribution in [2.75, 3.05) is 122 Å². The van der Waals surface area contributed by atoms with Crippen LogP contribution in [0.1, 0.15) is 130 Å². The van der Waals surface area contributed by atoms with Crippen molar-refractivity contribution in [2.45, 2.75) is 54.8 Å². The second kappa shape index (κ2) is 57.6. The van der Waals surface area contributed by atoms with Crippen LogP contribution >= 0.6 is 0 Å². The molecule has 0 aliphatic carbocycles. The number of aromatic hydroxyl groups is 9. The molecule has 0 aliphatic heterocycles. The number of rotatable bonds is 27. The van der Waals surface area contributed by atoms with E-state index in [0.29, 0.717) is 33.4 Å². The summed E-state index contributed by atoms with van der Waals surface area (Å²) >= 11 is 0. The predicted octanol–water partition coefficient (Wildman–Crippen LogP) is 5.81. The fraction of sp³-hybridized carbons (Fsp3) is 0.333. The van der Waals surface area contributed by atoms with E-state index in [4.69, 9.17) is 55.3 Å². The number of benzene rings is 9. The highest BCUT2D eigenvalue weighted by atomic mass is 16.3. The fourth-order valence-corrected chi connectivity index (χ4v) is 8.14. The van der Waals surface area contributed by atoms with Crippen LogP contribution in [0.15, 0.2) is 218 Å². The van der Waals surface area contributed by atoms with Crippen molar-refractivity contribution in [2.24, 2.45) is 0 Å². The molecule has 0 saturated heterocycles. The summed E-state index contributed by atoms with van der Waals surface area (Å²) in [4.78, 5) is 0. The largest absolute Gasteiger partial charge is 0.508 e. The molecule has 27 nitrogen and oxygen atoms in total. The van der Waals surface area contributed by atoms with Crippen molar-refractivity contribution in [3.8, 4) is 51.7 Å². The van der Waals surface area contributed by atoms with E-state index in [0.717, 1.165) is 18.2 Å². The van der Waals surface area contributed by atoms with E-state index in [1.807, 2.05) is 0 Å². The van der Waals surface area contributed by atoms with Gasteiger partial charge in [0.2, 0.25) is 0 Å². The van der Waals surface area contributed by atoms with Crippen LogP contribution in [0.3, 0.4) is 0 Å². The molecule has 9 atom stereocenters. The summed E-state index contributed by atoms with van der Waals surface area (Å²) in [5.74, 6) is -0.173. The zero-order valence-electron chi connectivity index (χ0n) is 79.2. The Balaban J connectivity index is 0.000000709. The summed E-state index contributed by atoms with van der Waals surface area (Å²) in [6, 6.07) is 52.0. The minimum Gasteiger partial charge on any atom is -0.508 e. The van der Waals surface area contributed by atoms with E-state index in [1.54, 1.807) is 93.9 Å². The molecule has 0 saturated carbocycles. The molecule has 0 bridgehead atoms. The first-order chi connectivity index (χ1) is 58.0. The first-order valence-electron chi connectivity index (χ1n) is 41.6. The first kappa shape index (κ1) is 69.0. The van der Waals surface area contributed by atoms with E-state index >= 15 is 0 Å². The fourth-order valence-electron chi connectivity index (χ4n) is 8.14. The minimum atomic E-state index is -2.46. The lowest BCUT2D eigenvalue weighted by atomic mass is 10.1. The second-order valence-corrected chi connectivity index (χ2v) is 21.6. The van der Waals surface area contributed by atoms with Gasteiger partial charge in [-0.3, -0.25) is 0 Å². The number of hydrogen-bond donors (Lipinski definition) is 27. The first-order valence-corrected chi connectivity index (χ1v) is 32.6. The molecule has 594 valence electrons. The number of phenols is 9. The third kappa shape index (κ3) is 42.7. The normalized spacial score (nSPS) is 17.8. The molecule has 27 heteroatoms. The number of aliphatic hydroxyl groups excluding tert-OH is 3. The maximum absolute atomic E-state index is 9.76. The van der Waals surface area contributed by atoms with Crippen LogP contribution in [-0.4, -0.2) is 214 Å². The lowest BCUT2D eigenvalue weighted by Gasteiger charge is -2.09. The molecule has 9 rings (SSSR count). The molecule has 9 aromatic rings. The van der Waals surface area contributed by atoms with E-state index < -0.39 is 93.8 Å². The van der Waals surface area contributed by atoms with Gasteiger partial charge in [-0.15, -0.1) is 0 Å². The van der Waals surface area contributed by atoms with Crippen LogP contribution in [0.5, 0.6) is 51.7 Å². The number of aliphatic hydroxyl groups is 9. The Kier molecular flexibility index (Phi) is 36.8. The Morgan fingerprint density at radius 2 is 0.352 bits per heavy atom. The van der Waals surface area contributed by atoms with E-state index in [2.05, 4.69) is 47.9 Å². The molecular weight excluding hydrogens is 1390 g/mol. The van der Waals surface area contributed by atoms with Crippen molar-refractivity contribution in [3.05, 3.63) is 268 Å². The van der Waals surface area contributed by atoms with Crippen molar-refractivity contribution in [1.82, 2.24) is 47.9 Å². The van der Waals surface area contributed by atoms with Gasteiger partial charge in [-0.05, 0) is 223 Å². The van der Waals surface area contributed by atoms with Gasteiger partial charge in [-0.25, -0.2) is 0 Å². The Labute approximate surface area is 659 Å². The third-order valence-electron chi connectivity index (χ3n) is 13.1. The van der Waals surface area contributed by atoms with Crippen LogP contribution in [0.4, 0.5) is 0 Å². The Morgan fingerprint density at radius 3 is 0.491 bits per heavy atom. The molecule has 0 aromatic heterocycles. The highest BCUT2D eigenvalue weighted by molar-refractivity contribution is 5.35. The monoisotopic (exact) mass is 1520 g/mol. The summed E-state index contributed by atoms with van der Waals surface area (Å²) in [6.07, 6.45) is -16.4. The number of phenolic OH excluding ortho intramolecular Hbond substituents is 9. The maximum atomic E-state index is 9.76. The van der Waals surface area contributed by atoms with E-state index in [9.17, 15) is 61.3 Å². The zero-order chi connectivity index (χ0) is 97.1. The van der Waals surface area contributed by atoms with Crippen LogP contribution in [-0.2, 0) is 0 Å². The molecule has 0 fully saturated rings. The van der Waals surface area contributed by atoms with Crippen molar-refractivity contribution in [3.63, 3.8) is 0 Å². The molecule has 9 aromatic carbocycles. The van der Waals surface area contributed by atoms with Gasteiger partial charge < -0.3 is 140 Å². The molecule has 0 heterocycles. The average Bonchev–Trinajstić information content (AvgIpc) is 0.789. The zero-order valence-corrected chi connectivity index (χ0v) is 61.2. The Hall–Kier alpha value is -9.54. The van der Waals surface area contributed by atoms with Gasteiger partial charge in [-0.1, -0.05) is 109 Å². The maximum Gasteiger partial charge on any atom is 0.115 e. The average molecular weight is 1520 g/mol. The lowest BCUT2D eigenvalue weighted by molar-refractivity contribution is 0.177.